The van der Waals surface area contributed by atoms with E-state index in [-0.39, 0.29) is 11.9 Å². The molecule has 0 amide bonds. The van der Waals surface area contributed by atoms with Crippen molar-refractivity contribution in [3.05, 3.63) is 0 Å². The average molecular weight is 299 g/mol. The van der Waals surface area contributed by atoms with E-state index in [0.29, 0.717) is 0 Å². The minimum Gasteiger partial charge on any atom is -0.389 e. The molecule has 2 aliphatic carbocycles. The maximum absolute atomic E-state index is 11.0. The zero-order valence-electron chi connectivity index (χ0n) is 12.8. The number of hydrogen-bond donors (Lipinski definition) is 2. The van der Waals surface area contributed by atoms with Gasteiger partial charge in [-0.15, -0.1) is 0 Å². The normalized spacial score (nSPS) is 36.9. The molecular formula is C17H32O2P+. The standard InChI is InChI=1S/C17H32O2P/c18-14-11-12-17(19)20(13-14,15-7-3-1-4-8-15)16-9-5-2-6-10-16/h14-19H,1-13H2/q+1. The third-order valence-corrected chi connectivity index (χ3v) is 12.5. The van der Waals surface area contributed by atoms with E-state index in [1.165, 1.54) is 64.2 Å². The summed E-state index contributed by atoms with van der Waals surface area (Å²) in [5.41, 5.74) is 1.56. The van der Waals surface area contributed by atoms with Gasteiger partial charge in [0.1, 0.15) is 0 Å². The van der Waals surface area contributed by atoms with Gasteiger partial charge in [0, 0.05) is 6.42 Å². The molecule has 1 heterocycles. The summed E-state index contributed by atoms with van der Waals surface area (Å²) in [6.07, 6.45) is 16.2. The van der Waals surface area contributed by atoms with Crippen LogP contribution in [0.2, 0.25) is 0 Å². The van der Waals surface area contributed by atoms with Crippen molar-refractivity contribution in [3.63, 3.8) is 0 Å². The smallest absolute Gasteiger partial charge is 0.164 e. The van der Waals surface area contributed by atoms with Crippen LogP contribution in [-0.2, 0) is 0 Å². The largest absolute Gasteiger partial charge is 0.389 e. The topological polar surface area (TPSA) is 40.5 Å². The second-order valence-corrected chi connectivity index (χ2v) is 11.9. The van der Waals surface area contributed by atoms with E-state index in [2.05, 4.69) is 0 Å². The zero-order valence-corrected chi connectivity index (χ0v) is 13.7. The predicted molar refractivity (Wildman–Crippen MR) is 86.8 cm³/mol. The second kappa shape index (κ2) is 6.63. The third-order valence-electron chi connectivity index (χ3n) is 6.35. The molecule has 20 heavy (non-hydrogen) atoms. The summed E-state index contributed by atoms with van der Waals surface area (Å²) in [5.74, 6) is -0.0444. The summed E-state index contributed by atoms with van der Waals surface area (Å²) in [6.45, 7) is 0. The maximum atomic E-state index is 11.0. The first-order valence-corrected chi connectivity index (χ1v) is 11.1. The van der Waals surface area contributed by atoms with Crippen LogP contribution < -0.4 is 0 Å². The lowest BCUT2D eigenvalue weighted by Gasteiger charge is -2.48. The first-order chi connectivity index (χ1) is 9.73. The Morgan fingerprint density at radius 2 is 1.10 bits per heavy atom. The number of aliphatic hydroxyl groups excluding tert-OH is 2. The van der Waals surface area contributed by atoms with Gasteiger partial charge in [0.05, 0.1) is 30.8 Å². The number of rotatable bonds is 2. The number of hydrogen-bond acceptors (Lipinski definition) is 2. The van der Waals surface area contributed by atoms with E-state index in [9.17, 15) is 10.2 Å². The van der Waals surface area contributed by atoms with Gasteiger partial charge in [0.2, 0.25) is 0 Å². The summed E-state index contributed by atoms with van der Waals surface area (Å²) in [7, 11) is -1.38. The van der Waals surface area contributed by atoms with Crippen molar-refractivity contribution in [3.8, 4) is 0 Å². The molecular weight excluding hydrogens is 267 g/mol. The summed E-state index contributed by atoms with van der Waals surface area (Å²) in [6, 6.07) is 0. The summed E-state index contributed by atoms with van der Waals surface area (Å²) in [5, 5.41) is 21.3. The van der Waals surface area contributed by atoms with E-state index in [0.717, 1.165) is 30.3 Å². The lowest BCUT2D eigenvalue weighted by atomic mass is 9.99. The summed E-state index contributed by atoms with van der Waals surface area (Å²) < 4.78 is 0. The van der Waals surface area contributed by atoms with Gasteiger partial charge in [-0.25, -0.2) is 0 Å². The monoisotopic (exact) mass is 299 g/mol. The molecule has 3 fully saturated rings. The molecule has 3 heteroatoms. The quantitative estimate of drug-likeness (QED) is 0.752. The minimum atomic E-state index is -1.38. The van der Waals surface area contributed by atoms with Crippen molar-refractivity contribution in [1.29, 1.82) is 0 Å². The van der Waals surface area contributed by atoms with E-state index in [1.807, 2.05) is 0 Å². The fourth-order valence-electron chi connectivity index (χ4n) is 5.37. The maximum Gasteiger partial charge on any atom is 0.164 e. The Morgan fingerprint density at radius 3 is 1.60 bits per heavy atom. The Balaban J connectivity index is 1.87. The molecule has 0 aromatic carbocycles. The van der Waals surface area contributed by atoms with E-state index in [1.54, 1.807) is 0 Å². The van der Waals surface area contributed by atoms with Crippen molar-refractivity contribution >= 4 is 7.26 Å². The van der Waals surface area contributed by atoms with Gasteiger partial charge in [-0.1, -0.05) is 12.8 Å². The Morgan fingerprint density at radius 1 is 0.600 bits per heavy atom. The molecule has 2 saturated carbocycles. The molecule has 2 atom stereocenters. The molecule has 0 bridgehead atoms. The van der Waals surface area contributed by atoms with Gasteiger partial charge in [0.25, 0.3) is 0 Å². The van der Waals surface area contributed by atoms with Crippen LogP contribution in [0.5, 0.6) is 0 Å². The van der Waals surface area contributed by atoms with Gasteiger partial charge in [-0.05, 0) is 57.8 Å². The van der Waals surface area contributed by atoms with Gasteiger partial charge in [0.15, 0.2) is 5.85 Å². The van der Waals surface area contributed by atoms with Crippen LogP contribution in [0.3, 0.4) is 0 Å². The first kappa shape index (κ1) is 15.3. The van der Waals surface area contributed by atoms with Gasteiger partial charge < -0.3 is 10.2 Å². The molecule has 116 valence electrons. The Bertz CT molecular complexity index is 290. The summed E-state index contributed by atoms with van der Waals surface area (Å²) in [4.78, 5) is 0. The Kier molecular flexibility index (Phi) is 5.06. The zero-order chi connectivity index (χ0) is 14.0. The minimum absolute atomic E-state index is 0.0444. The van der Waals surface area contributed by atoms with Gasteiger partial charge in [-0.2, -0.15) is 0 Å². The van der Waals surface area contributed by atoms with Crippen LogP contribution in [0, 0.1) is 0 Å². The molecule has 0 radical (unpaired) electrons. The van der Waals surface area contributed by atoms with Crippen LogP contribution in [0.1, 0.15) is 77.0 Å². The van der Waals surface area contributed by atoms with Crippen LogP contribution in [0.15, 0.2) is 0 Å². The van der Waals surface area contributed by atoms with Crippen LogP contribution in [-0.4, -0.2) is 39.6 Å². The van der Waals surface area contributed by atoms with Crippen molar-refractivity contribution in [2.24, 2.45) is 0 Å². The molecule has 1 aliphatic heterocycles. The highest BCUT2D eigenvalue weighted by Gasteiger charge is 2.59. The highest BCUT2D eigenvalue weighted by Crippen LogP contribution is 2.76. The molecule has 2 unspecified atom stereocenters. The van der Waals surface area contributed by atoms with E-state index in [4.69, 9.17) is 0 Å². The molecule has 3 rings (SSSR count). The van der Waals surface area contributed by atoms with Crippen molar-refractivity contribution in [1.82, 2.24) is 0 Å². The Labute approximate surface area is 124 Å². The SMILES string of the molecule is OC1CCC(O)[P+](C2CCCCC2)(C2CCCCC2)C1. The molecule has 1 saturated heterocycles. The summed E-state index contributed by atoms with van der Waals surface area (Å²) >= 11 is 0. The van der Waals surface area contributed by atoms with E-state index < -0.39 is 7.26 Å². The molecule has 0 aromatic rings. The lowest BCUT2D eigenvalue weighted by molar-refractivity contribution is 0.139. The molecule has 0 spiro atoms. The van der Waals surface area contributed by atoms with Gasteiger partial charge in [-0.3, -0.25) is 0 Å². The Hall–Kier alpha value is 0.350. The van der Waals surface area contributed by atoms with Gasteiger partial charge >= 0.3 is 0 Å². The number of aliphatic hydroxyl groups is 2. The van der Waals surface area contributed by atoms with Crippen molar-refractivity contribution < 1.29 is 10.2 Å². The molecule has 2 N–H and O–H groups in total. The second-order valence-electron chi connectivity index (χ2n) is 7.47. The fraction of sp³-hybridized carbons (Fsp3) is 1.00. The van der Waals surface area contributed by atoms with Crippen molar-refractivity contribution in [2.45, 2.75) is 100 Å². The molecule has 3 aliphatic rings. The van der Waals surface area contributed by atoms with Crippen LogP contribution in [0.25, 0.3) is 0 Å². The predicted octanol–water partition coefficient (Wildman–Crippen LogP) is 4.14. The average Bonchev–Trinajstić information content (AvgIpc) is 2.51. The van der Waals surface area contributed by atoms with Crippen molar-refractivity contribution in [2.75, 3.05) is 6.16 Å². The van der Waals surface area contributed by atoms with Crippen LogP contribution >= 0.6 is 7.26 Å². The van der Waals surface area contributed by atoms with Crippen LogP contribution in [0.4, 0.5) is 0 Å². The molecule has 2 nitrogen and oxygen atoms in total. The fourth-order valence-corrected chi connectivity index (χ4v) is 12.0. The highest BCUT2D eigenvalue weighted by molar-refractivity contribution is 7.77. The third kappa shape index (κ3) is 2.81. The highest BCUT2D eigenvalue weighted by atomic mass is 31.2. The van der Waals surface area contributed by atoms with E-state index >= 15 is 0 Å². The lowest BCUT2D eigenvalue weighted by Crippen LogP contribution is -2.42. The molecule has 0 aromatic heterocycles. The first-order valence-electron chi connectivity index (χ1n) is 8.96.